The summed E-state index contributed by atoms with van der Waals surface area (Å²) < 4.78 is 13.3. The molecule has 0 fully saturated rings. The predicted molar refractivity (Wildman–Crippen MR) is 84.9 cm³/mol. The van der Waals surface area contributed by atoms with Crippen LogP contribution < -0.4 is 10.6 Å². The van der Waals surface area contributed by atoms with Gasteiger partial charge in [-0.05, 0) is 48.6 Å². The fraction of sp³-hybridized carbons (Fsp3) is 0.333. The van der Waals surface area contributed by atoms with Gasteiger partial charge in [0, 0.05) is 24.8 Å². The van der Waals surface area contributed by atoms with E-state index < -0.39 is 0 Å². The molecule has 0 radical (unpaired) electrons. The van der Waals surface area contributed by atoms with Crippen LogP contribution in [-0.2, 0) is 13.0 Å². The maximum atomic E-state index is 13.3. The molecule has 21 heavy (non-hydrogen) atoms. The summed E-state index contributed by atoms with van der Waals surface area (Å²) in [4.78, 5) is 0. The molecule has 1 heterocycles. The molecule has 0 spiro atoms. The van der Waals surface area contributed by atoms with Crippen molar-refractivity contribution in [3.8, 4) is 0 Å². The van der Waals surface area contributed by atoms with Gasteiger partial charge in [-0.1, -0.05) is 30.3 Å². The van der Waals surface area contributed by atoms with Crippen LogP contribution in [0.5, 0.6) is 0 Å². The normalized spacial score (nSPS) is 15.1. The molecule has 3 heteroatoms. The fourth-order valence-corrected chi connectivity index (χ4v) is 2.89. The van der Waals surface area contributed by atoms with Gasteiger partial charge in [0.15, 0.2) is 0 Å². The van der Waals surface area contributed by atoms with E-state index in [4.69, 9.17) is 0 Å². The van der Waals surface area contributed by atoms with E-state index in [9.17, 15) is 4.39 Å². The van der Waals surface area contributed by atoms with Gasteiger partial charge >= 0.3 is 0 Å². The summed E-state index contributed by atoms with van der Waals surface area (Å²) in [5, 5.41) is 6.99. The Balaban J connectivity index is 1.70. The van der Waals surface area contributed by atoms with Crippen molar-refractivity contribution in [3.05, 3.63) is 65.0 Å². The van der Waals surface area contributed by atoms with Crippen LogP contribution in [0.2, 0.25) is 0 Å². The fourth-order valence-electron chi connectivity index (χ4n) is 2.89. The summed E-state index contributed by atoms with van der Waals surface area (Å²) >= 11 is 0. The molecule has 0 aliphatic carbocycles. The summed E-state index contributed by atoms with van der Waals surface area (Å²) in [5.41, 5.74) is 4.95. The average molecular weight is 284 g/mol. The minimum absolute atomic E-state index is 0.125. The molecular formula is C18H21FN2. The van der Waals surface area contributed by atoms with Crippen molar-refractivity contribution in [2.24, 2.45) is 0 Å². The molecule has 0 bridgehead atoms. The van der Waals surface area contributed by atoms with Crippen molar-refractivity contribution < 1.29 is 4.39 Å². The largest absolute Gasteiger partial charge is 0.385 e. The zero-order valence-electron chi connectivity index (χ0n) is 12.3. The smallest absolute Gasteiger partial charge is 0.123 e. The molecule has 2 aromatic carbocycles. The summed E-state index contributed by atoms with van der Waals surface area (Å²) in [5.74, 6) is -0.181. The Bertz CT molecular complexity index is 624. The molecule has 0 amide bonds. The number of nitrogens with one attached hydrogen (secondary N) is 2. The van der Waals surface area contributed by atoms with E-state index in [0.717, 1.165) is 25.1 Å². The summed E-state index contributed by atoms with van der Waals surface area (Å²) in [6.07, 6.45) is 2.35. The Morgan fingerprint density at radius 3 is 2.95 bits per heavy atom. The molecule has 0 saturated heterocycles. The highest BCUT2D eigenvalue weighted by Crippen LogP contribution is 2.26. The lowest BCUT2D eigenvalue weighted by Gasteiger charge is -2.22. The first-order valence-electron chi connectivity index (χ1n) is 7.57. The number of anilines is 1. The third-order valence-electron chi connectivity index (χ3n) is 4.11. The van der Waals surface area contributed by atoms with Gasteiger partial charge in [0.2, 0.25) is 0 Å². The zero-order chi connectivity index (χ0) is 14.7. The van der Waals surface area contributed by atoms with Gasteiger partial charge in [0.05, 0.1) is 0 Å². The van der Waals surface area contributed by atoms with Gasteiger partial charge in [-0.3, -0.25) is 0 Å². The number of rotatable bonds is 4. The number of fused-ring (bicyclic) bond motifs is 1. The van der Waals surface area contributed by atoms with E-state index in [1.54, 1.807) is 12.1 Å². The van der Waals surface area contributed by atoms with E-state index in [0.29, 0.717) is 0 Å². The molecule has 0 aromatic heterocycles. The van der Waals surface area contributed by atoms with E-state index in [2.05, 4.69) is 35.8 Å². The highest BCUT2D eigenvalue weighted by atomic mass is 19.1. The van der Waals surface area contributed by atoms with Crippen LogP contribution in [0.3, 0.4) is 0 Å². The highest BCUT2D eigenvalue weighted by Gasteiger charge is 2.13. The Labute approximate surface area is 125 Å². The lowest BCUT2D eigenvalue weighted by molar-refractivity contribution is 0.565. The maximum absolute atomic E-state index is 13.3. The van der Waals surface area contributed by atoms with Crippen LogP contribution >= 0.6 is 0 Å². The Morgan fingerprint density at radius 1 is 1.24 bits per heavy atom. The molecule has 2 aromatic rings. The Kier molecular flexibility index (Phi) is 4.20. The van der Waals surface area contributed by atoms with Crippen molar-refractivity contribution in [2.75, 3.05) is 11.9 Å². The second-order valence-corrected chi connectivity index (χ2v) is 5.64. The van der Waals surface area contributed by atoms with Crippen LogP contribution in [0.15, 0.2) is 42.5 Å². The number of hydrogen-bond donors (Lipinski definition) is 2. The third kappa shape index (κ3) is 3.24. The van der Waals surface area contributed by atoms with Crippen molar-refractivity contribution in [1.82, 2.24) is 5.32 Å². The number of halogens is 1. The molecule has 1 aliphatic heterocycles. The summed E-state index contributed by atoms with van der Waals surface area (Å²) in [7, 11) is 0. The first-order chi connectivity index (χ1) is 10.2. The van der Waals surface area contributed by atoms with E-state index in [-0.39, 0.29) is 11.9 Å². The number of para-hydroxylation sites is 1. The second-order valence-electron chi connectivity index (χ2n) is 5.64. The monoisotopic (exact) mass is 284 g/mol. The van der Waals surface area contributed by atoms with E-state index >= 15 is 0 Å². The quantitative estimate of drug-likeness (QED) is 0.885. The molecule has 2 nitrogen and oxygen atoms in total. The predicted octanol–water partition coefficient (Wildman–Crippen LogP) is 4.03. The van der Waals surface area contributed by atoms with E-state index in [1.165, 1.54) is 29.3 Å². The first kappa shape index (κ1) is 14.1. The molecule has 1 aliphatic rings. The lowest BCUT2D eigenvalue weighted by Crippen LogP contribution is -2.21. The molecule has 0 unspecified atom stereocenters. The highest BCUT2D eigenvalue weighted by molar-refractivity contribution is 5.59. The molecule has 0 saturated carbocycles. The van der Waals surface area contributed by atoms with Crippen LogP contribution in [0.1, 0.15) is 36.1 Å². The SMILES string of the molecule is C[C@H](NCc1cccc2c1NCCC2)c1cccc(F)c1. The topological polar surface area (TPSA) is 24.1 Å². The van der Waals surface area contributed by atoms with Gasteiger partial charge in [0.25, 0.3) is 0 Å². The Hall–Kier alpha value is -1.87. The first-order valence-corrected chi connectivity index (χ1v) is 7.57. The van der Waals surface area contributed by atoms with Crippen LogP contribution in [-0.4, -0.2) is 6.54 Å². The van der Waals surface area contributed by atoms with Crippen molar-refractivity contribution in [2.45, 2.75) is 32.4 Å². The van der Waals surface area contributed by atoms with Crippen molar-refractivity contribution >= 4 is 5.69 Å². The molecule has 1 atom stereocenters. The third-order valence-corrected chi connectivity index (χ3v) is 4.11. The Morgan fingerprint density at radius 2 is 2.10 bits per heavy atom. The zero-order valence-corrected chi connectivity index (χ0v) is 12.3. The molecule has 2 N–H and O–H groups in total. The van der Waals surface area contributed by atoms with Gasteiger partial charge < -0.3 is 10.6 Å². The molecule has 3 rings (SSSR count). The summed E-state index contributed by atoms with van der Waals surface area (Å²) in [6, 6.07) is 13.4. The summed E-state index contributed by atoms with van der Waals surface area (Å²) in [6.45, 7) is 3.90. The van der Waals surface area contributed by atoms with Crippen LogP contribution in [0, 0.1) is 5.82 Å². The van der Waals surface area contributed by atoms with E-state index in [1.807, 2.05) is 6.07 Å². The van der Waals surface area contributed by atoms with Crippen LogP contribution in [0.25, 0.3) is 0 Å². The van der Waals surface area contributed by atoms with Crippen molar-refractivity contribution in [1.29, 1.82) is 0 Å². The molecular weight excluding hydrogens is 263 g/mol. The van der Waals surface area contributed by atoms with Crippen molar-refractivity contribution in [3.63, 3.8) is 0 Å². The minimum Gasteiger partial charge on any atom is -0.385 e. The lowest BCUT2D eigenvalue weighted by atomic mass is 9.99. The minimum atomic E-state index is -0.181. The molecule has 110 valence electrons. The maximum Gasteiger partial charge on any atom is 0.123 e. The average Bonchev–Trinajstić information content (AvgIpc) is 2.52. The van der Waals surface area contributed by atoms with Gasteiger partial charge in [-0.25, -0.2) is 4.39 Å². The standard InChI is InChI=1S/C18H21FN2/c1-13(15-6-3-9-17(19)11-15)21-12-16-7-2-5-14-8-4-10-20-18(14)16/h2-3,5-7,9,11,13,20-21H,4,8,10,12H2,1H3/t13-/m0/s1. The van der Waals surface area contributed by atoms with Gasteiger partial charge in [0.1, 0.15) is 5.82 Å². The van der Waals surface area contributed by atoms with Gasteiger partial charge in [-0.2, -0.15) is 0 Å². The number of benzene rings is 2. The van der Waals surface area contributed by atoms with Gasteiger partial charge in [-0.15, -0.1) is 0 Å². The van der Waals surface area contributed by atoms with Crippen LogP contribution in [0.4, 0.5) is 10.1 Å². The second kappa shape index (κ2) is 6.27. The number of aryl methyl sites for hydroxylation is 1. The number of hydrogen-bond acceptors (Lipinski definition) is 2.